The molecule has 0 aromatic heterocycles. The molecule has 0 spiro atoms. The Labute approximate surface area is 212 Å². The minimum atomic E-state index is -3.61. The molecule has 0 aliphatic carbocycles. The minimum Gasteiger partial charge on any atom is -0.768 e. The Morgan fingerprint density at radius 2 is 1.25 bits per heavy atom. The first-order chi connectivity index (χ1) is 13.8. The fourth-order valence-electron chi connectivity index (χ4n) is 3.57. The van der Waals surface area contributed by atoms with Crippen LogP contribution in [0.15, 0.2) is 58.3 Å². The van der Waals surface area contributed by atoms with Crippen LogP contribution in [0.2, 0.25) is 0 Å². The Morgan fingerprint density at radius 3 is 1.69 bits per heavy atom. The third kappa shape index (κ3) is 8.73. The van der Waals surface area contributed by atoms with Gasteiger partial charge in [0.05, 0.1) is 4.90 Å². The zero-order chi connectivity index (χ0) is 20.9. The number of nitrogens with zero attached hydrogens (tertiary/aromatic N) is 2. The van der Waals surface area contributed by atoms with Crippen LogP contribution in [0.5, 0.6) is 0 Å². The Morgan fingerprint density at radius 1 is 0.812 bits per heavy atom. The molecule has 2 heterocycles. The van der Waals surface area contributed by atoms with E-state index in [9.17, 15) is 17.2 Å². The van der Waals surface area contributed by atoms with Gasteiger partial charge in [-0.25, -0.2) is 8.42 Å². The maximum atomic E-state index is 11.1. The molecular weight excluding hydrogens is 463 g/mol. The maximum absolute atomic E-state index is 11.1. The van der Waals surface area contributed by atoms with Gasteiger partial charge in [-0.05, 0) is 73.2 Å². The van der Waals surface area contributed by atoms with Crippen molar-refractivity contribution in [2.75, 3.05) is 36.0 Å². The molecule has 1 unspecified atom stereocenters. The second kappa shape index (κ2) is 14.3. The molecule has 1 atom stereocenters. The average molecular weight is 495 g/mol. The van der Waals surface area contributed by atoms with Gasteiger partial charge in [0.2, 0.25) is 0 Å². The van der Waals surface area contributed by atoms with Crippen LogP contribution in [0.4, 0.5) is 11.4 Å². The number of benzene rings is 2. The summed E-state index contributed by atoms with van der Waals surface area (Å²) < 4.78 is 43.8. The summed E-state index contributed by atoms with van der Waals surface area (Å²) in [6.45, 7) is 4.06. The van der Waals surface area contributed by atoms with Crippen molar-refractivity contribution in [2.45, 2.75) is 50.3 Å². The van der Waals surface area contributed by atoms with Crippen molar-refractivity contribution in [2.24, 2.45) is 0 Å². The standard InChI is InChI=1S/C10H12ClNO2S.C10H13NO2S.2CH4.Li/c11-15(13,14)10-5-3-4-9(8-10)12-6-1-2-7-12;12-14(13)10-5-3-4-9(8-10)11-6-1-2-7-11;;;/h3-5,8H,1-2,6-7H2;3-5,8H,1-2,6-7H2,(H,12,13);2*1H4;/q;;;;+1/p-1. The molecular formula is C22H32ClLiN2O4S2. The normalized spacial score (nSPS) is 16.1. The molecule has 32 heavy (non-hydrogen) atoms. The monoisotopic (exact) mass is 494 g/mol. The molecule has 4 rings (SSSR count). The van der Waals surface area contributed by atoms with Gasteiger partial charge in [-0.3, -0.25) is 4.21 Å². The van der Waals surface area contributed by atoms with Crippen LogP contribution in [-0.4, -0.2) is 43.4 Å². The summed E-state index contributed by atoms with van der Waals surface area (Å²) in [6.07, 6.45) is 4.73. The fourth-order valence-corrected chi connectivity index (χ4v) is 4.76. The molecule has 2 aromatic carbocycles. The summed E-state index contributed by atoms with van der Waals surface area (Å²) in [6, 6.07) is 13.9. The summed E-state index contributed by atoms with van der Waals surface area (Å²) in [5, 5.41) is 0. The summed E-state index contributed by atoms with van der Waals surface area (Å²) in [5.41, 5.74) is 1.96. The first kappa shape index (κ1) is 31.0. The van der Waals surface area contributed by atoms with Crippen LogP contribution < -0.4 is 28.7 Å². The van der Waals surface area contributed by atoms with E-state index in [1.54, 1.807) is 30.3 Å². The van der Waals surface area contributed by atoms with Crippen LogP contribution in [-0.2, 0) is 20.1 Å². The smallest absolute Gasteiger partial charge is 0.768 e. The maximum Gasteiger partial charge on any atom is 1.00 e. The molecule has 0 radical (unpaired) electrons. The van der Waals surface area contributed by atoms with Crippen molar-refractivity contribution >= 4 is 42.2 Å². The van der Waals surface area contributed by atoms with Crippen molar-refractivity contribution in [1.29, 1.82) is 0 Å². The van der Waals surface area contributed by atoms with E-state index in [0.29, 0.717) is 4.90 Å². The van der Waals surface area contributed by atoms with Gasteiger partial charge in [0.15, 0.2) is 0 Å². The van der Waals surface area contributed by atoms with Gasteiger partial charge >= 0.3 is 18.9 Å². The van der Waals surface area contributed by atoms with Crippen molar-refractivity contribution in [1.82, 2.24) is 0 Å². The van der Waals surface area contributed by atoms with E-state index in [1.807, 2.05) is 12.1 Å². The Bertz CT molecular complexity index is 964. The van der Waals surface area contributed by atoms with E-state index in [4.69, 9.17) is 10.7 Å². The third-order valence-electron chi connectivity index (χ3n) is 5.05. The molecule has 10 heteroatoms. The van der Waals surface area contributed by atoms with Crippen LogP contribution in [0, 0.1) is 0 Å². The zero-order valence-corrected chi connectivity index (χ0v) is 19.4. The van der Waals surface area contributed by atoms with Crippen LogP contribution >= 0.6 is 10.7 Å². The second-order valence-corrected chi connectivity index (χ2v) is 10.6. The van der Waals surface area contributed by atoms with Gasteiger partial charge < -0.3 is 14.4 Å². The van der Waals surface area contributed by atoms with E-state index in [-0.39, 0.29) is 38.6 Å². The minimum absolute atomic E-state index is 0. The fraction of sp³-hybridized carbons (Fsp3) is 0.455. The van der Waals surface area contributed by atoms with Crippen LogP contribution in [0.1, 0.15) is 40.5 Å². The zero-order valence-electron chi connectivity index (χ0n) is 17.0. The third-order valence-corrected chi connectivity index (χ3v) is 7.04. The van der Waals surface area contributed by atoms with Gasteiger partial charge in [0, 0.05) is 53.1 Å². The first-order valence-electron chi connectivity index (χ1n) is 9.58. The summed E-state index contributed by atoms with van der Waals surface area (Å²) in [5.74, 6) is 0. The number of hydrogen-bond donors (Lipinski definition) is 0. The largest absolute Gasteiger partial charge is 1.00 e. The SMILES string of the molecule is C.C.O=S(=O)(Cl)c1cccc(N2CCCC2)c1.O=S([O-])c1cccc(N2CCCC2)c1.[Li+]. The van der Waals surface area contributed by atoms with Gasteiger partial charge in [0.25, 0.3) is 9.05 Å². The predicted octanol–water partition coefficient (Wildman–Crippen LogP) is 2.02. The molecule has 6 nitrogen and oxygen atoms in total. The molecule has 0 bridgehead atoms. The number of halogens is 1. The summed E-state index contributed by atoms with van der Waals surface area (Å²) in [7, 11) is 1.68. The quantitative estimate of drug-likeness (QED) is 0.367. The Hall–Kier alpha value is -1.01. The van der Waals surface area contributed by atoms with E-state index in [1.165, 1.54) is 18.9 Å². The summed E-state index contributed by atoms with van der Waals surface area (Å²) in [4.78, 5) is 4.94. The van der Waals surface area contributed by atoms with Gasteiger partial charge in [-0.2, -0.15) is 0 Å². The topological polar surface area (TPSA) is 80.8 Å². The number of rotatable bonds is 4. The van der Waals surface area contributed by atoms with Crippen molar-refractivity contribution in [3.63, 3.8) is 0 Å². The molecule has 174 valence electrons. The molecule has 2 saturated heterocycles. The molecule has 2 aliphatic heterocycles. The molecule has 2 fully saturated rings. The van der Waals surface area contributed by atoms with Gasteiger partial charge in [-0.1, -0.05) is 27.0 Å². The van der Waals surface area contributed by atoms with Gasteiger partial charge in [0.1, 0.15) is 0 Å². The van der Waals surface area contributed by atoms with Crippen LogP contribution in [0.25, 0.3) is 0 Å². The van der Waals surface area contributed by atoms with E-state index in [2.05, 4.69) is 9.80 Å². The second-order valence-electron chi connectivity index (χ2n) is 7.06. The molecule has 0 saturated carbocycles. The van der Waals surface area contributed by atoms with Crippen molar-refractivity contribution in [3.8, 4) is 0 Å². The van der Waals surface area contributed by atoms with E-state index >= 15 is 0 Å². The molecule has 0 N–H and O–H groups in total. The van der Waals surface area contributed by atoms with Gasteiger partial charge in [-0.15, -0.1) is 0 Å². The molecule has 2 aromatic rings. The predicted molar refractivity (Wildman–Crippen MR) is 129 cm³/mol. The van der Waals surface area contributed by atoms with E-state index in [0.717, 1.165) is 50.4 Å². The first-order valence-corrected chi connectivity index (χ1v) is 13.0. The van der Waals surface area contributed by atoms with Crippen molar-refractivity contribution in [3.05, 3.63) is 48.5 Å². The average Bonchev–Trinajstić information content (AvgIpc) is 3.42. The Balaban J connectivity index is 0.000000550. The molecule has 0 amide bonds. The summed E-state index contributed by atoms with van der Waals surface area (Å²) >= 11 is -2.12. The van der Waals surface area contributed by atoms with E-state index < -0.39 is 20.1 Å². The van der Waals surface area contributed by atoms with Crippen LogP contribution in [0.3, 0.4) is 0 Å². The molecule has 2 aliphatic rings. The van der Waals surface area contributed by atoms with Crippen molar-refractivity contribution < 1.29 is 36.0 Å². The Kier molecular flexibility index (Phi) is 13.8. The number of anilines is 2. The number of hydrogen-bond acceptors (Lipinski definition) is 6.